The SMILES string of the molecule is O=C(NCc1nc(C2CCN(CC3CCOC3)CC2)n[nH]1)OCc1ccccc1. The number of aromatic nitrogens is 3. The number of hydrogen-bond acceptors (Lipinski definition) is 6. The van der Waals surface area contributed by atoms with E-state index < -0.39 is 6.09 Å². The number of ether oxygens (including phenoxy) is 2. The zero-order valence-electron chi connectivity index (χ0n) is 16.7. The van der Waals surface area contributed by atoms with E-state index in [0.717, 1.165) is 57.1 Å². The summed E-state index contributed by atoms with van der Waals surface area (Å²) in [5, 5.41) is 10.0. The van der Waals surface area contributed by atoms with Crippen LogP contribution in [0, 0.1) is 5.92 Å². The molecule has 1 amide bonds. The fourth-order valence-corrected chi connectivity index (χ4v) is 3.97. The van der Waals surface area contributed by atoms with Crippen LogP contribution in [0.25, 0.3) is 0 Å². The van der Waals surface area contributed by atoms with Crippen molar-refractivity contribution in [2.24, 2.45) is 5.92 Å². The van der Waals surface area contributed by atoms with Crippen LogP contribution < -0.4 is 5.32 Å². The largest absolute Gasteiger partial charge is 0.445 e. The number of aromatic amines is 1. The molecule has 8 heteroatoms. The molecule has 1 aromatic carbocycles. The quantitative estimate of drug-likeness (QED) is 0.743. The molecule has 8 nitrogen and oxygen atoms in total. The number of rotatable bonds is 7. The van der Waals surface area contributed by atoms with Crippen LogP contribution in [0.1, 0.15) is 42.4 Å². The van der Waals surface area contributed by atoms with Gasteiger partial charge in [0, 0.05) is 19.1 Å². The zero-order chi connectivity index (χ0) is 19.9. The number of carbonyl (C=O) groups excluding carboxylic acids is 1. The normalized spacial score (nSPS) is 20.6. The van der Waals surface area contributed by atoms with Crippen molar-refractivity contribution in [2.75, 3.05) is 32.8 Å². The fourth-order valence-electron chi connectivity index (χ4n) is 3.97. The molecule has 1 atom stereocenters. The minimum atomic E-state index is -0.462. The predicted molar refractivity (Wildman–Crippen MR) is 107 cm³/mol. The highest BCUT2D eigenvalue weighted by Crippen LogP contribution is 2.26. The van der Waals surface area contributed by atoms with Crippen molar-refractivity contribution in [2.45, 2.75) is 38.3 Å². The highest BCUT2D eigenvalue weighted by molar-refractivity contribution is 5.67. The third-order valence-electron chi connectivity index (χ3n) is 5.66. The zero-order valence-corrected chi connectivity index (χ0v) is 16.7. The molecule has 29 heavy (non-hydrogen) atoms. The van der Waals surface area contributed by atoms with E-state index in [9.17, 15) is 4.79 Å². The number of likely N-dealkylation sites (tertiary alicyclic amines) is 1. The first-order valence-corrected chi connectivity index (χ1v) is 10.4. The van der Waals surface area contributed by atoms with Crippen LogP contribution in [0.2, 0.25) is 0 Å². The standard InChI is InChI=1S/C21H29N5O3/c27-21(29-15-16-4-2-1-3-5-16)22-12-19-23-20(25-24-19)18-6-9-26(10-7-18)13-17-8-11-28-14-17/h1-5,17-18H,6-15H2,(H,22,27)(H,23,24,25). The molecular formula is C21H29N5O3. The summed E-state index contributed by atoms with van der Waals surface area (Å²) in [4.78, 5) is 19.0. The molecule has 2 saturated heterocycles. The summed E-state index contributed by atoms with van der Waals surface area (Å²) in [6.45, 7) is 5.64. The lowest BCUT2D eigenvalue weighted by Crippen LogP contribution is -2.37. The van der Waals surface area contributed by atoms with E-state index >= 15 is 0 Å². The monoisotopic (exact) mass is 399 g/mol. The van der Waals surface area contributed by atoms with E-state index in [0.29, 0.717) is 17.7 Å². The van der Waals surface area contributed by atoms with Crippen LogP contribution in [0.5, 0.6) is 0 Å². The first-order valence-electron chi connectivity index (χ1n) is 10.4. The average molecular weight is 399 g/mol. The number of H-pyrrole nitrogens is 1. The van der Waals surface area contributed by atoms with E-state index in [1.807, 2.05) is 30.3 Å². The number of alkyl carbamates (subject to hydrolysis) is 1. The lowest BCUT2D eigenvalue weighted by Gasteiger charge is -2.32. The summed E-state index contributed by atoms with van der Waals surface area (Å²) in [5.41, 5.74) is 0.955. The Morgan fingerprint density at radius 2 is 2.07 bits per heavy atom. The van der Waals surface area contributed by atoms with Crippen molar-refractivity contribution >= 4 is 6.09 Å². The van der Waals surface area contributed by atoms with Crippen molar-refractivity contribution in [3.63, 3.8) is 0 Å². The molecule has 2 fully saturated rings. The molecular weight excluding hydrogens is 370 g/mol. The van der Waals surface area contributed by atoms with Crippen LogP contribution in [-0.4, -0.2) is 59.0 Å². The molecule has 156 valence electrons. The molecule has 2 aliphatic heterocycles. The number of nitrogens with zero attached hydrogens (tertiary/aromatic N) is 3. The maximum Gasteiger partial charge on any atom is 0.407 e. The third-order valence-corrected chi connectivity index (χ3v) is 5.66. The molecule has 0 bridgehead atoms. The van der Waals surface area contributed by atoms with Gasteiger partial charge in [0.05, 0.1) is 13.2 Å². The van der Waals surface area contributed by atoms with Gasteiger partial charge in [-0.05, 0) is 43.8 Å². The second-order valence-corrected chi connectivity index (χ2v) is 7.86. The van der Waals surface area contributed by atoms with Crippen molar-refractivity contribution in [1.82, 2.24) is 25.4 Å². The Hall–Kier alpha value is -2.45. The van der Waals surface area contributed by atoms with Gasteiger partial charge < -0.3 is 19.7 Å². The van der Waals surface area contributed by atoms with Gasteiger partial charge in [-0.15, -0.1) is 0 Å². The van der Waals surface area contributed by atoms with Gasteiger partial charge in [-0.2, -0.15) is 5.10 Å². The molecule has 0 aliphatic carbocycles. The van der Waals surface area contributed by atoms with E-state index in [4.69, 9.17) is 9.47 Å². The molecule has 2 aliphatic rings. The molecule has 0 spiro atoms. The second-order valence-electron chi connectivity index (χ2n) is 7.86. The first-order chi connectivity index (χ1) is 14.3. The molecule has 2 N–H and O–H groups in total. The topological polar surface area (TPSA) is 92.4 Å². The van der Waals surface area contributed by atoms with Crippen molar-refractivity contribution in [3.05, 3.63) is 47.5 Å². The van der Waals surface area contributed by atoms with Crippen LogP contribution in [-0.2, 0) is 22.6 Å². The minimum absolute atomic E-state index is 0.250. The lowest BCUT2D eigenvalue weighted by molar-refractivity contribution is 0.139. The van der Waals surface area contributed by atoms with E-state index in [1.54, 1.807) is 0 Å². The summed E-state index contributed by atoms with van der Waals surface area (Å²) < 4.78 is 10.7. The van der Waals surface area contributed by atoms with Crippen molar-refractivity contribution in [1.29, 1.82) is 0 Å². The fraction of sp³-hybridized carbons (Fsp3) is 0.571. The van der Waals surface area contributed by atoms with Crippen LogP contribution in [0.3, 0.4) is 0 Å². The average Bonchev–Trinajstić information content (AvgIpc) is 3.44. The van der Waals surface area contributed by atoms with Gasteiger partial charge in [-0.1, -0.05) is 30.3 Å². The molecule has 4 rings (SSSR count). The Morgan fingerprint density at radius 3 is 2.83 bits per heavy atom. The van der Waals surface area contributed by atoms with Gasteiger partial charge in [0.25, 0.3) is 0 Å². The number of benzene rings is 1. The molecule has 0 saturated carbocycles. The summed E-state index contributed by atoms with van der Waals surface area (Å²) in [5.74, 6) is 2.57. The van der Waals surface area contributed by atoms with Crippen LogP contribution >= 0.6 is 0 Å². The van der Waals surface area contributed by atoms with Gasteiger partial charge in [0.15, 0.2) is 5.82 Å². The summed E-state index contributed by atoms with van der Waals surface area (Å²) in [7, 11) is 0. The Morgan fingerprint density at radius 1 is 1.24 bits per heavy atom. The van der Waals surface area contributed by atoms with Gasteiger partial charge in [0.1, 0.15) is 12.4 Å². The Bertz CT molecular complexity index is 768. The minimum Gasteiger partial charge on any atom is -0.445 e. The third kappa shape index (κ3) is 5.77. The number of piperidine rings is 1. The highest BCUT2D eigenvalue weighted by Gasteiger charge is 2.26. The van der Waals surface area contributed by atoms with Gasteiger partial charge in [-0.3, -0.25) is 5.10 Å². The highest BCUT2D eigenvalue weighted by atomic mass is 16.5. The number of nitrogens with one attached hydrogen (secondary N) is 2. The molecule has 1 unspecified atom stereocenters. The number of carbonyl (C=O) groups is 1. The second kappa shape index (κ2) is 9.84. The molecule has 1 aromatic heterocycles. The molecule has 3 heterocycles. The van der Waals surface area contributed by atoms with Gasteiger partial charge >= 0.3 is 6.09 Å². The molecule has 0 radical (unpaired) electrons. The maximum absolute atomic E-state index is 11.9. The Kier molecular flexibility index (Phi) is 6.74. The molecule has 2 aromatic rings. The lowest BCUT2D eigenvalue weighted by atomic mass is 9.95. The van der Waals surface area contributed by atoms with E-state index in [-0.39, 0.29) is 13.2 Å². The van der Waals surface area contributed by atoms with Crippen molar-refractivity contribution in [3.8, 4) is 0 Å². The summed E-state index contributed by atoms with van der Waals surface area (Å²) in [6.07, 6.45) is 2.86. The summed E-state index contributed by atoms with van der Waals surface area (Å²) in [6, 6.07) is 9.60. The van der Waals surface area contributed by atoms with Crippen LogP contribution in [0.15, 0.2) is 30.3 Å². The van der Waals surface area contributed by atoms with Gasteiger partial charge in [0.2, 0.25) is 0 Å². The van der Waals surface area contributed by atoms with Gasteiger partial charge in [-0.25, -0.2) is 9.78 Å². The Labute approximate surface area is 171 Å². The summed E-state index contributed by atoms with van der Waals surface area (Å²) >= 11 is 0. The maximum atomic E-state index is 11.9. The van der Waals surface area contributed by atoms with Crippen molar-refractivity contribution < 1.29 is 14.3 Å². The number of hydrogen-bond donors (Lipinski definition) is 2. The Balaban J connectivity index is 1.17. The van der Waals surface area contributed by atoms with E-state index in [2.05, 4.69) is 25.4 Å². The number of amides is 1. The first kappa shape index (κ1) is 19.8. The van der Waals surface area contributed by atoms with Crippen LogP contribution in [0.4, 0.5) is 4.79 Å². The predicted octanol–water partition coefficient (Wildman–Crippen LogP) is 2.45. The van der Waals surface area contributed by atoms with E-state index in [1.165, 1.54) is 6.42 Å². The smallest absolute Gasteiger partial charge is 0.407 e.